The summed E-state index contributed by atoms with van der Waals surface area (Å²) in [5.41, 5.74) is 0.786. The average Bonchev–Trinajstić information content (AvgIpc) is 3.45. The summed E-state index contributed by atoms with van der Waals surface area (Å²) < 4.78 is 48.4. The number of benzene rings is 2. The Hall–Kier alpha value is -2.95. The maximum Gasteiger partial charge on any atom is 0.252 e. The first-order valence-corrected chi connectivity index (χ1v) is 11.2. The fourth-order valence-corrected chi connectivity index (χ4v) is 4.82. The van der Waals surface area contributed by atoms with Gasteiger partial charge in [-0.3, -0.25) is 0 Å². The SMILES string of the molecule is COCc1nc(-c2ccc(OC3CCN(S(=O)(=O)c4ccc(OC)cc4)C3)cc2)no1. The number of ether oxygens (including phenoxy) is 3. The zero-order valence-electron chi connectivity index (χ0n) is 17.2. The van der Waals surface area contributed by atoms with Gasteiger partial charge in [0.15, 0.2) is 0 Å². The van der Waals surface area contributed by atoms with Crippen molar-refractivity contribution in [2.24, 2.45) is 0 Å². The number of nitrogens with zero attached hydrogens (tertiary/aromatic N) is 3. The third kappa shape index (κ3) is 4.71. The van der Waals surface area contributed by atoms with Crippen LogP contribution in [-0.2, 0) is 21.4 Å². The molecule has 1 atom stereocenters. The molecule has 1 aromatic heterocycles. The Kier molecular flexibility index (Phi) is 6.21. The third-order valence-corrected chi connectivity index (χ3v) is 6.84. The van der Waals surface area contributed by atoms with Crippen LogP contribution in [0.2, 0.25) is 0 Å². The number of sulfonamides is 1. The monoisotopic (exact) mass is 445 g/mol. The zero-order chi connectivity index (χ0) is 21.8. The summed E-state index contributed by atoms with van der Waals surface area (Å²) in [6.45, 7) is 0.954. The van der Waals surface area contributed by atoms with Crippen molar-refractivity contribution in [3.63, 3.8) is 0 Å². The first-order valence-electron chi connectivity index (χ1n) is 9.72. The maximum absolute atomic E-state index is 12.9. The quantitative estimate of drug-likeness (QED) is 0.521. The van der Waals surface area contributed by atoms with Crippen molar-refractivity contribution in [2.45, 2.75) is 24.0 Å². The lowest BCUT2D eigenvalue weighted by molar-refractivity contribution is 0.151. The van der Waals surface area contributed by atoms with Crippen molar-refractivity contribution in [2.75, 3.05) is 27.3 Å². The van der Waals surface area contributed by atoms with Gasteiger partial charge in [0.1, 0.15) is 24.2 Å². The van der Waals surface area contributed by atoms with Crippen LogP contribution in [0.5, 0.6) is 11.5 Å². The summed E-state index contributed by atoms with van der Waals surface area (Å²) in [7, 11) is -0.475. The Balaban J connectivity index is 1.38. The van der Waals surface area contributed by atoms with Gasteiger partial charge in [-0.15, -0.1) is 0 Å². The lowest BCUT2D eigenvalue weighted by Gasteiger charge is -2.17. The second-order valence-corrected chi connectivity index (χ2v) is 8.97. The van der Waals surface area contributed by atoms with E-state index in [-0.39, 0.29) is 17.6 Å². The minimum absolute atomic E-state index is 0.225. The molecule has 1 saturated heterocycles. The Bertz CT molecular complexity index is 1110. The molecule has 3 aromatic rings. The van der Waals surface area contributed by atoms with E-state index in [1.807, 2.05) is 24.3 Å². The lowest BCUT2D eigenvalue weighted by atomic mass is 10.2. The van der Waals surface area contributed by atoms with Crippen molar-refractivity contribution < 1.29 is 27.2 Å². The number of aromatic nitrogens is 2. The first kappa shape index (κ1) is 21.3. The second kappa shape index (κ2) is 9.04. The molecule has 1 unspecified atom stereocenters. The van der Waals surface area contributed by atoms with Crippen LogP contribution in [0.25, 0.3) is 11.4 Å². The molecule has 2 heterocycles. The van der Waals surface area contributed by atoms with Gasteiger partial charge in [0.05, 0.1) is 18.6 Å². The van der Waals surface area contributed by atoms with Crippen LogP contribution in [0.1, 0.15) is 12.3 Å². The molecule has 0 amide bonds. The van der Waals surface area contributed by atoms with Crippen molar-refractivity contribution in [1.29, 1.82) is 0 Å². The van der Waals surface area contributed by atoms with E-state index in [1.54, 1.807) is 38.5 Å². The van der Waals surface area contributed by atoms with Crippen LogP contribution in [0.3, 0.4) is 0 Å². The van der Waals surface area contributed by atoms with Gasteiger partial charge in [0.2, 0.25) is 15.8 Å². The highest BCUT2D eigenvalue weighted by atomic mass is 32.2. The van der Waals surface area contributed by atoms with Crippen LogP contribution in [0.15, 0.2) is 57.9 Å². The van der Waals surface area contributed by atoms with Gasteiger partial charge < -0.3 is 18.7 Å². The molecule has 4 rings (SSSR count). The predicted molar refractivity (Wildman–Crippen MR) is 111 cm³/mol. The van der Waals surface area contributed by atoms with Crippen molar-refractivity contribution in [3.05, 3.63) is 54.4 Å². The molecule has 1 aliphatic rings. The molecule has 1 fully saturated rings. The van der Waals surface area contributed by atoms with E-state index >= 15 is 0 Å². The first-order chi connectivity index (χ1) is 15.0. The van der Waals surface area contributed by atoms with Crippen LogP contribution < -0.4 is 9.47 Å². The zero-order valence-corrected chi connectivity index (χ0v) is 18.0. The maximum atomic E-state index is 12.9. The highest BCUT2D eigenvalue weighted by Crippen LogP contribution is 2.26. The molecular formula is C21H23N3O6S. The summed E-state index contributed by atoms with van der Waals surface area (Å²) >= 11 is 0. The molecule has 10 heteroatoms. The predicted octanol–water partition coefficient (Wildman–Crippen LogP) is 2.73. The molecule has 0 aliphatic carbocycles. The lowest BCUT2D eigenvalue weighted by Crippen LogP contribution is -2.31. The van der Waals surface area contributed by atoms with E-state index < -0.39 is 10.0 Å². The highest BCUT2D eigenvalue weighted by Gasteiger charge is 2.33. The van der Waals surface area contributed by atoms with E-state index in [9.17, 15) is 8.42 Å². The topological polar surface area (TPSA) is 104 Å². The smallest absolute Gasteiger partial charge is 0.252 e. The number of rotatable bonds is 8. The highest BCUT2D eigenvalue weighted by molar-refractivity contribution is 7.89. The average molecular weight is 445 g/mol. The Morgan fingerprint density at radius 2 is 1.77 bits per heavy atom. The van der Waals surface area contributed by atoms with E-state index in [0.717, 1.165) is 5.56 Å². The van der Waals surface area contributed by atoms with Crippen molar-refractivity contribution >= 4 is 10.0 Å². The number of hydrogen-bond donors (Lipinski definition) is 0. The van der Waals surface area contributed by atoms with E-state index in [4.69, 9.17) is 18.7 Å². The van der Waals surface area contributed by atoms with Gasteiger partial charge >= 0.3 is 0 Å². The minimum Gasteiger partial charge on any atom is -0.497 e. The standard InChI is InChI=1S/C21H23N3O6S/c1-27-14-20-22-21(23-30-20)15-3-5-17(6-4-15)29-18-11-12-24(13-18)31(25,26)19-9-7-16(28-2)8-10-19/h3-10,18H,11-14H2,1-2H3. The normalized spacial score (nSPS) is 17.0. The van der Waals surface area contributed by atoms with Crippen molar-refractivity contribution in [1.82, 2.24) is 14.4 Å². The molecular weight excluding hydrogens is 422 g/mol. The van der Waals surface area contributed by atoms with Gasteiger partial charge in [-0.2, -0.15) is 9.29 Å². The third-order valence-electron chi connectivity index (χ3n) is 4.96. The van der Waals surface area contributed by atoms with Gasteiger partial charge in [0.25, 0.3) is 5.89 Å². The fraction of sp³-hybridized carbons (Fsp3) is 0.333. The molecule has 9 nitrogen and oxygen atoms in total. The minimum atomic E-state index is -3.57. The number of hydrogen-bond acceptors (Lipinski definition) is 8. The van der Waals surface area contributed by atoms with Crippen LogP contribution in [0.4, 0.5) is 0 Å². The molecule has 31 heavy (non-hydrogen) atoms. The molecule has 2 aromatic carbocycles. The van der Waals surface area contributed by atoms with Gasteiger partial charge in [-0.25, -0.2) is 8.42 Å². The van der Waals surface area contributed by atoms with Crippen LogP contribution >= 0.6 is 0 Å². The Labute approximate surface area is 180 Å². The summed E-state index contributed by atoms with van der Waals surface area (Å²) in [4.78, 5) is 4.50. The molecule has 0 saturated carbocycles. The van der Waals surface area contributed by atoms with Gasteiger partial charge in [0, 0.05) is 19.2 Å². The van der Waals surface area contributed by atoms with Crippen LogP contribution in [0, 0.1) is 0 Å². The molecule has 0 N–H and O–H groups in total. The number of methoxy groups -OCH3 is 2. The molecule has 0 bridgehead atoms. The summed E-state index contributed by atoms with van der Waals surface area (Å²) in [5, 5.41) is 3.93. The van der Waals surface area contributed by atoms with Crippen molar-refractivity contribution in [3.8, 4) is 22.9 Å². The Morgan fingerprint density at radius 3 is 2.45 bits per heavy atom. The van der Waals surface area contributed by atoms with E-state index in [1.165, 1.54) is 4.31 Å². The second-order valence-electron chi connectivity index (χ2n) is 7.04. The van der Waals surface area contributed by atoms with Gasteiger partial charge in [-0.1, -0.05) is 5.16 Å². The summed E-state index contributed by atoms with van der Waals surface area (Å²) in [6.07, 6.45) is 0.389. The molecule has 0 radical (unpaired) electrons. The molecule has 1 aliphatic heterocycles. The molecule has 164 valence electrons. The molecule has 0 spiro atoms. The van der Waals surface area contributed by atoms with Crippen LogP contribution in [-0.4, -0.2) is 56.3 Å². The summed E-state index contributed by atoms with van der Waals surface area (Å²) in [6, 6.07) is 13.7. The van der Waals surface area contributed by atoms with E-state index in [2.05, 4.69) is 10.1 Å². The fourth-order valence-electron chi connectivity index (χ4n) is 3.34. The largest absolute Gasteiger partial charge is 0.497 e. The van der Waals surface area contributed by atoms with E-state index in [0.29, 0.717) is 42.7 Å². The Morgan fingerprint density at radius 1 is 1.06 bits per heavy atom. The summed E-state index contributed by atoms with van der Waals surface area (Å²) in [5.74, 6) is 2.14. The van der Waals surface area contributed by atoms with Gasteiger partial charge in [-0.05, 0) is 55.0 Å².